The lowest BCUT2D eigenvalue weighted by molar-refractivity contribution is -0.111. The van der Waals surface area contributed by atoms with Gasteiger partial charge in [-0.25, -0.2) is 0 Å². The molecular weight excluding hydrogens is 321 g/mol. The zero-order chi connectivity index (χ0) is 15.9. The molecule has 0 radical (unpaired) electrons. The first kappa shape index (κ1) is 21.5. The summed E-state index contributed by atoms with van der Waals surface area (Å²) >= 11 is 4.94. The van der Waals surface area contributed by atoms with Crippen LogP contribution in [-0.4, -0.2) is 35.0 Å². The molecule has 0 aromatic carbocycles. The van der Waals surface area contributed by atoms with Gasteiger partial charge in [0.1, 0.15) is 0 Å². The van der Waals surface area contributed by atoms with E-state index in [1.807, 2.05) is 6.92 Å². The lowest BCUT2D eigenvalue weighted by atomic mass is 10.3. The van der Waals surface area contributed by atoms with Crippen LogP contribution >= 0.6 is 26.8 Å². The van der Waals surface area contributed by atoms with Crippen LogP contribution in [0.5, 0.6) is 0 Å². The summed E-state index contributed by atoms with van der Waals surface area (Å²) in [4.78, 5) is 44.1. The van der Waals surface area contributed by atoms with Crippen LogP contribution in [0.1, 0.15) is 39.5 Å². The smallest absolute Gasteiger partial charge is 0.368 e. The van der Waals surface area contributed by atoms with Crippen molar-refractivity contribution in [2.24, 2.45) is 0 Å². The fourth-order valence-electron chi connectivity index (χ4n) is 0.993. The van der Waals surface area contributed by atoms with E-state index in [-0.39, 0.29) is 11.7 Å². The minimum atomic E-state index is -5.23. The third kappa shape index (κ3) is 7.54. The first-order valence-corrected chi connectivity index (χ1v) is 8.95. The molecule has 0 aliphatic heterocycles. The van der Waals surface area contributed by atoms with Gasteiger partial charge in [-0.15, -0.1) is 0 Å². The van der Waals surface area contributed by atoms with Crippen LogP contribution in [0.25, 0.3) is 0 Å². The summed E-state index contributed by atoms with van der Waals surface area (Å²) in [6.07, 6.45) is 0.748. The maximum atomic E-state index is 10.6. The SMILES string of the molecule is CCCC(=O)Cl.CCCC(O)(P(=O)(O)O)P(=O)(O)O. The maximum Gasteiger partial charge on any atom is 0.369 e. The molecule has 0 rings (SSSR count). The van der Waals surface area contributed by atoms with Gasteiger partial charge in [-0.2, -0.15) is 0 Å². The van der Waals surface area contributed by atoms with Gasteiger partial charge >= 0.3 is 15.2 Å². The van der Waals surface area contributed by atoms with E-state index in [1.54, 1.807) is 0 Å². The average molecular weight is 341 g/mol. The molecule has 0 aliphatic rings. The highest BCUT2D eigenvalue weighted by Crippen LogP contribution is 2.69. The second-order valence-corrected chi connectivity index (χ2v) is 8.15. The summed E-state index contributed by atoms with van der Waals surface area (Å²) in [6.45, 7) is 3.36. The van der Waals surface area contributed by atoms with Crippen molar-refractivity contribution in [3.05, 3.63) is 0 Å². The van der Waals surface area contributed by atoms with Crippen LogP contribution in [0.4, 0.5) is 0 Å². The summed E-state index contributed by atoms with van der Waals surface area (Å²) in [5, 5.41) is 5.68. The highest BCUT2D eigenvalue weighted by molar-refractivity contribution is 7.72. The third-order valence-corrected chi connectivity index (χ3v) is 6.03. The number of hydrogen-bond donors (Lipinski definition) is 5. The molecule has 0 aromatic heterocycles. The van der Waals surface area contributed by atoms with Crippen molar-refractivity contribution in [3.63, 3.8) is 0 Å². The van der Waals surface area contributed by atoms with Gasteiger partial charge in [-0.05, 0) is 24.4 Å². The molecule has 0 heterocycles. The Bertz CT molecular complexity index is 351. The number of carbonyl (C=O) groups is 1. The van der Waals surface area contributed by atoms with Gasteiger partial charge in [0, 0.05) is 6.42 Å². The topological polar surface area (TPSA) is 152 Å². The Hall–Kier alpha value is 0.220. The molecule has 11 heteroatoms. The maximum absolute atomic E-state index is 10.6. The molecule has 0 saturated heterocycles. The molecule has 0 spiro atoms. The standard InChI is InChI=1S/C4H7ClO.C4H12O7P2/c1-2-3-4(5)6;1-2-3-4(5,12(6,7)8)13(9,10)11/h2-3H2,1H3;5H,2-3H2,1H3,(H2,6,7,8)(H2,9,10,11). The molecule has 0 bridgehead atoms. The first-order chi connectivity index (χ1) is 8.33. The van der Waals surface area contributed by atoms with Crippen molar-refractivity contribution >= 4 is 32.0 Å². The van der Waals surface area contributed by atoms with Gasteiger partial charge in [-0.1, -0.05) is 20.3 Å². The first-order valence-electron chi connectivity index (χ1n) is 5.35. The molecule has 19 heavy (non-hydrogen) atoms. The summed E-state index contributed by atoms with van der Waals surface area (Å²) < 4.78 is 21.3. The number of hydrogen-bond acceptors (Lipinski definition) is 4. The molecule has 8 nitrogen and oxygen atoms in total. The molecule has 0 aliphatic carbocycles. The highest BCUT2D eigenvalue weighted by atomic mass is 35.5. The molecule has 0 amide bonds. The van der Waals surface area contributed by atoms with Crippen LogP contribution in [0.2, 0.25) is 0 Å². The van der Waals surface area contributed by atoms with Crippen LogP contribution in [0, 0.1) is 0 Å². The monoisotopic (exact) mass is 340 g/mol. The van der Waals surface area contributed by atoms with Crippen LogP contribution < -0.4 is 0 Å². The molecule has 0 atom stereocenters. The fraction of sp³-hybridized carbons (Fsp3) is 0.875. The van der Waals surface area contributed by atoms with E-state index in [4.69, 9.17) is 36.3 Å². The number of carbonyl (C=O) groups excluding carboxylic acids is 1. The summed E-state index contributed by atoms with van der Waals surface area (Å²) in [5.74, 6) is 0. The molecule has 0 saturated carbocycles. The predicted octanol–water partition coefficient (Wildman–Crippen LogP) is 1.34. The average Bonchev–Trinajstić information content (AvgIpc) is 2.15. The molecule has 0 aromatic rings. The van der Waals surface area contributed by atoms with Crippen molar-refractivity contribution in [1.29, 1.82) is 0 Å². The minimum absolute atomic E-state index is 0.0483. The van der Waals surface area contributed by atoms with Gasteiger partial charge in [-0.3, -0.25) is 13.9 Å². The Labute approximate surface area is 116 Å². The van der Waals surface area contributed by atoms with Crippen molar-refractivity contribution in [1.82, 2.24) is 0 Å². The van der Waals surface area contributed by atoms with Crippen molar-refractivity contribution in [2.75, 3.05) is 0 Å². The molecule has 0 unspecified atom stereocenters. The van der Waals surface area contributed by atoms with E-state index in [2.05, 4.69) is 0 Å². The Balaban J connectivity index is 0. The zero-order valence-corrected chi connectivity index (χ0v) is 13.1. The second kappa shape index (κ2) is 8.49. The van der Waals surface area contributed by atoms with Crippen LogP contribution in [-0.2, 0) is 13.9 Å². The summed E-state index contributed by atoms with van der Waals surface area (Å²) in [5.41, 5.74) is 0. The second-order valence-electron chi connectivity index (χ2n) is 3.72. The quantitative estimate of drug-likeness (QED) is 0.358. The van der Waals surface area contributed by atoms with Crippen LogP contribution in [0.15, 0.2) is 0 Å². The number of rotatable bonds is 6. The van der Waals surface area contributed by atoms with E-state index in [9.17, 15) is 13.9 Å². The van der Waals surface area contributed by atoms with E-state index in [0.717, 1.165) is 6.42 Å². The lowest BCUT2D eigenvalue weighted by Crippen LogP contribution is -2.28. The van der Waals surface area contributed by atoms with Gasteiger partial charge in [0.2, 0.25) is 5.24 Å². The van der Waals surface area contributed by atoms with E-state index >= 15 is 0 Å². The summed E-state index contributed by atoms with van der Waals surface area (Å²) in [7, 11) is -10.5. The van der Waals surface area contributed by atoms with Gasteiger partial charge in [0.25, 0.3) is 5.08 Å². The predicted molar refractivity (Wildman–Crippen MR) is 69.7 cm³/mol. The van der Waals surface area contributed by atoms with Gasteiger partial charge < -0.3 is 24.7 Å². The largest absolute Gasteiger partial charge is 0.369 e. The molecular formula is C8H19ClO8P2. The van der Waals surface area contributed by atoms with Crippen molar-refractivity contribution < 1.29 is 38.6 Å². The third-order valence-electron chi connectivity index (χ3n) is 1.96. The lowest BCUT2D eigenvalue weighted by Gasteiger charge is -2.28. The molecule has 5 N–H and O–H groups in total. The Morgan fingerprint density at radius 2 is 1.42 bits per heavy atom. The normalized spacial score (nSPS) is 12.6. The summed E-state index contributed by atoms with van der Waals surface area (Å²) in [6, 6.07) is 0. The van der Waals surface area contributed by atoms with E-state index < -0.39 is 26.7 Å². The molecule has 116 valence electrons. The highest BCUT2D eigenvalue weighted by Gasteiger charge is 2.58. The van der Waals surface area contributed by atoms with E-state index in [1.165, 1.54) is 6.92 Å². The Morgan fingerprint density at radius 3 is 1.47 bits per heavy atom. The van der Waals surface area contributed by atoms with Gasteiger partial charge in [0.15, 0.2) is 0 Å². The van der Waals surface area contributed by atoms with Gasteiger partial charge in [0.05, 0.1) is 0 Å². The van der Waals surface area contributed by atoms with Crippen LogP contribution in [0.3, 0.4) is 0 Å². The zero-order valence-electron chi connectivity index (χ0n) is 10.6. The van der Waals surface area contributed by atoms with Crippen molar-refractivity contribution in [2.45, 2.75) is 44.6 Å². The minimum Gasteiger partial charge on any atom is -0.368 e. The number of aliphatic hydroxyl groups is 1. The fourth-order valence-corrected chi connectivity index (χ4v) is 3.57. The van der Waals surface area contributed by atoms with Crippen molar-refractivity contribution in [3.8, 4) is 0 Å². The molecule has 0 fully saturated rings. The van der Waals surface area contributed by atoms with E-state index in [0.29, 0.717) is 6.42 Å². The Kier molecular flexibility index (Phi) is 9.62. The Morgan fingerprint density at radius 1 is 1.05 bits per heavy atom. The number of halogens is 1.